The van der Waals surface area contributed by atoms with Crippen LogP contribution in [0.4, 0.5) is 0 Å². The third-order valence-corrected chi connectivity index (χ3v) is 10.1. The average molecular weight is 616 g/mol. The van der Waals surface area contributed by atoms with Crippen LogP contribution in [0.1, 0.15) is 25.0 Å². The van der Waals surface area contributed by atoms with E-state index in [4.69, 9.17) is 19.4 Å². The number of nitrogens with zero attached hydrogens (tertiary/aromatic N) is 3. The Morgan fingerprint density at radius 1 is 0.479 bits per heavy atom. The summed E-state index contributed by atoms with van der Waals surface area (Å²) in [5.41, 5.74) is 9.43. The molecule has 4 nitrogen and oxygen atoms in total. The first-order valence-corrected chi connectivity index (χ1v) is 16.4. The Hall–Kier alpha value is -6.13. The highest BCUT2D eigenvalue weighted by Crippen LogP contribution is 2.56. The number of benzene rings is 7. The number of fused-ring (bicyclic) bond motifs is 11. The van der Waals surface area contributed by atoms with E-state index in [0.717, 1.165) is 49.4 Å². The first kappa shape index (κ1) is 27.0. The van der Waals surface area contributed by atoms with E-state index in [9.17, 15) is 0 Å². The molecule has 0 fully saturated rings. The Morgan fingerprint density at radius 3 is 1.81 bits per heavy atom. The first-order valence-electron chi connectivity index (χ1n) is 16.4. The molecule has 1 aliphatic carbocycles. The van der Waals surface area contributed by atoms with Gasteiger partial charge in [0.2, 0.25) is 0 Å². The molecule has 48 heavy (non-hydrogen) atoms. The van der Waals surface area contributed by atoms with Gasteiger partial charge < -0.3 is 4.42 Å². The lowest BCUT2D eigenvalue weighted by Gasteiger charge is -2.23. The van der Waals surface area contributed by atoms with Crippen molar-refractivity contribution in [1.82, 2.24) is 15.0 Å². The van der Waals surface area contributed by atoms with Crippen LogP contribution in [0.15, 0.2) is 144 Å². The zero-order valence-corrected chi connectivity index (χ0v) is 26.5. The van der Waals surface area contributed by atoms with E-state index >= 15 is 0 Å². The van der Waals surface area contributed by atoms with Gasteiger partial charge >= 0.3 is 0 Å². The highest BCUT2D eigenvalue weighted by molar-refractivity contribution is 6.24. The van der Waals surface area contributed by atoms with Crippen molar-refractivity contribution in [2.45, 2.75) is 19.3 Å². The van der Waals surface area contributed by atoms with Crippen molar-refractivity contribution in [3.05, 3.63) is 151 Å². The van der Waals surface area contributed by atoms with Crippen LogP contribution in [0.25, 0.3) is 88.8 Å². The molecule has 0 saturated carbocycles. The maximum Gasteiger partial charge on any atom is 0.164 e. The zero-order chi connectivity index (χ0) is 32.0. The molecule has 0 atom stereocenters. The standard InChI is InChI=1S/C44H29N3O/c1-44(2)34-24-21-26-13-9-10-18-29(26)37(34)39-35(44)25-33(31-22-23-32-30-19-11-12-20-36(30)48-40(32)38(31)39)43-46-41(27-14-5-3-6-15-27)45-42(47-43)28-16-7-4-8-17-28/h3-25H,1-2H3. The molecule has 0 bridgehead atoms. The van der Waals surface area contributed by atoms with E-state index in [0.29, 0.717) is 17.5 Å². The molecule has 226 valence electrons. The summed E-state index contributed by atoms with van der Waals surface area (Å²) in [6.45, 7) is 4.66. The molecule has 2 aromatic heterocycles. The second-order valence-corrected chi connectivity index (χ2v) is 13.2. The van der Waals surface area contributed by atoms with Crippen LogP contribution < -0.4 is 0 Å². The third-order valence-electron chi connectivity index (χ3n) is 10.1. The number of furan rings is 1. The fourth-order valence-corrected chi connectivity index (χ4v) is 7.76. The quantitative estimate of drug-likeness (QED) is 0.198. The van der Waals surface area contributed by atoms with E-state index in [-0.39, 0.29) is 5.41 Å². The van der Waals surface area contributed by atoms with Crippen molar-refractivity contribution >= 4 is 43.5 Å². The predicted molar refractivity (Wildman–Crippen MR) is 196 cm³/mol. The van der Waals surface area contributed by atoms with Crippen LogP contribution in [0, 0.1) is 0 Å². The average Bonchev–Trinajstić information content (AvgIpc) is 3.64. The lowest BCUT2D eigenvalue weighted by atomic mass is 9.80. The molecule has 0 N–H and O–H groups in total. The van der Waals surface area contributed by atoms with Crippen LogP contribution in [0.2, 0.25) is 0 Å². The predicted octanol–water partition coefficient (Wildman–Crippen LogP) is 11.4. The molecule has 0 spiro atoms. The topological polar surface area (TPSA) is 51.8 Å². The lowest BCUT2D eigenvalue weighted by Crippen LogP contribution is -2.15. The van der Waals surface area contributed by atoms with Crippen LogP contribution in [0.3, 0.4) is 0 Å². The molecule has 2 heterocycles. The summed E-state index contributed by atoms with van der Waals surface area (Å²) in [6, 6.07) is 48.7. The second-order valence-electron chi connectivity index (χ2n) is 13.2. The van der Waals surface area contributed by atoms with Crippen molar-refractivity contribution in [1.29, 1.82) is 0 Å². The van der Waals surface area contributed by atoms with E-state index in [2.05, 4.69) is 111 Å². The Kier molecular flexibility index (Phi) is 5.59. The Bertz CT molecular complexity index is 2690. The minimum Gasteiger partial charge on any atom is -0.455 e. The molecule has 4 heteroatoms. The van der Waals surface area contributed by atoms with Gasteiger partial charge in [-0.2, -0.15) is 0 Å². The van der Waals surface area contributed by atoms with Gasteiger partial charge in [0.1, 0.15) is 11.2 Å². The zero-order valence-electron chi connectivity index (χ0n) is 26.5. The highest BCUT2D eigenvalue weighted by Gasteiger charge is 2.39. The summed E-state index contributed by atoms with van der Waals surface area (Å²) in [7, 11) is 0. The SMILES string of the molecule is CC1(C)c2ccc3ccccc3c2-c2c1cc(-c1nc(-c3ccccc3)nc(-c3ccccc3)n1)c1ccc3c4ccccc4oc3c21. The van der Waals surface area contributed by atoms with E-state index < -0.39 is 0 Å². The molecule has 7 aromatic carbocycles. The number of hydrogen-bond acceptors (Lipinski definition) is 4. The Balaban J connectivity index is 1.37. The van der Waals surface area contributed by atoms with Crippen molar-refractivity contribution < 1.29 is 4.42 Å². The van der Waals surface area contributed by atoms with Gasteiger partial charge in [-0.15, -0.1) is 0 Å². The van der Waals surface area contributed by atoms with E-state index in [1.165, 1.54) is 33.0 Å². The van der Waals surface area contributed by atoms with Crippen molar-refractivity contribution in [2.75, 3.05) is 0 Å². The van der Waals surface area contributed by atoms with Gasteiger partial charge in [0, 0.05) is 38.3 Å². The monoisotopic (exact) mass is 615 g/mol. The fraction of sp³-hybridized carbons (Fsp3) is 0.0682. The summed E-state index contributed by atoms with van der Waals surface area (Å²) in [4.78, 5) is 15.4. The van der Waals surface area contributed by atoms with Gasteiger partial charge in [0.05, 0.1) is 0 Å². The van der Waals surface area contributed by atoms with Gasteiger partial charge in [0.15, 0.2) is 17.5 Å². The normalized spacial score (nSPS) is 13.4. The summed E-state index contributed by atoms with van der Waals surface area (Å²) in [6.07, 6.45) is 0. The molecule has 1 aliphatic rings. The summed E-state index contributed by atoms with van der Waals surface area (Å²) in [5.74, 6) is 1.93. The van der Waals surface area contributed by atoms with Gasteiger partial charge in [0.25, 0.3) is 0 Å². The molecular weight excluding hydrogens is 587 g/mol. The molecule has 0 amide bonds. The highest BCUT2D eigenvalue weighted by atomic mass is 16.3. The van der Waals surface area contributed by atoms with Crippen LogP contribution >= 0.6 is 0 Å². The van der Waals surface area contributed by atoms with Gasteiger partial charge in [-0.1, -0.05) is 135 Å². The molecule has 0 radical (unpaired) electrons. The number of aromatic nitrogens is 3. The Morgan fingerprint density at radius 2 is 1.08 bits per heavy atom. The molecule has 0 unspecified atom stereocenters. The van der Waals surface area contributed by atoms with Gasteiger partial charge in [-0.25, -0.2) is 15.0 Å². The summed E-state index contributed by atoms with van der Waals surface area (Å²) < 4.78 is 6.81. The number of hydrogen-bond donors (Lipinski definition) is 0. The minimum atomic E-state index is -0.274. The van der Waals surface area contributed by atoms with E-state index in [1.54, 1.807) is 0 Å². The summed E-state index contributed by atoms with van der Waals surface area (Å²) in [5, 5.41) is 6.85. The van der Waals surface area contributed by atoms with Crippen LogP contribution in [-0.4, -0.2) is 15.0 Å². The Labute approximate surface area is 277 Å². The number of rotatable bonds is 3. The van der Waals surface area contributed by atoms with Crippen LogP contribution in [0.5, 0.6) is 0 Å². The summed E-state index contributed by atoms with van der Waals surface area (Å²) >= 11 is 0. The molecule has 0 saturated heterocycles. The fourth-order valence-electron chi connectivity index (χ4n) is 7.76. The minimum absolute atomic E-state index is 0.274. The first-order chi connectivity index (χ1) is 23.6. The largest absolute Gasteiger partial charge is 0.455 e. The molecule has 0 aliphatic heterocycles. The van der Waals surface area contributed by atoms with E-state index in [1.807, 2.05) is 42.5 Å². The lowest BCUT2D eigenvalue weighted by molar-refractivity contribution is 0.661. The maximum atomic E-state index is 6.81. The van der Waals surface area contributed by atoms with Gasteiger partial charge in [-0.3, -0.25) is 0 Å². The molecule has 9 aromatic rings. The molecular formula is C44H29N3O. The smallest absolute Gasteiger partial charge is 0.164 e. The van der Waals surface area contributed by atoms with Crippen molar-refractivity contribution in [3.63, 3.8) is 0 Å². The van der Waals surface area contributed by atoms with Crippen molar-refractivity contribution in [3.8, 4) is 45.3 Å². The second kappa shape index (κ2) is 9.93. The van der Waals surface area contributed by atoms with Crippen molar-refractivity contribution in [2.24, 2.45) is 0 Å². The number of para-hydroxylation sites is 1. The third kappa shape index (κ3) is 3.80. The molecule has 10 rings (SSSR count). The van der Waals surface area contributed by atoms with Gasteiger partial charge in [-0.05, 0) is 56.6 Å². The maximum absolute atomic E-state index is 6.81. The van der Waals surface area contributed by atoms with Crippen LogP contribution in [-0.2, 0) is 5.41 Å².